The summed E-state index contributed by atoms with van der Waals surface area (Å²) in [7, 11) is 0. The van der Waals surface area contributed by atoms with Gasteiger partial charge < -0.3 is 10.6 Å². The number of fused-ring (bicyclic) bond motifs is 1. The SMILES string of the molecule is CC[C@@H](C)C(=O)Nc1ncc(-c2cccc(C(F)(F)F)c2)n(CC(=O)N[C@@H]2CCCc3ccccc32)c1=O. The lowest BCUT2D eigenvalue weighted by atomic mass is 9.88. The highest BCUT2D eigenvalue weighted by Crippen LogP contribution is 2.32. The zero-order valence-electron chi connectivity index (χ0n) is 21.1. The van der Waals surface area contributed by atoms with Gasteiger partial charge in [-0.3, -0.25) is 19.0 Å². The zero-order chi connectivity index (χ0) is 27.4. The molecular weight excluding hydrogens is 497 g/mol. The van der Waals surface area contributed by atoms with Gasteiger partial charge in [-0.05, 0) is 48.9 Å². The maximum Gasteiger partial charge on any atom is 0.416 e. The smallest absolute Gasteiger partial charge is 0.348 e. The van der Waals surface area contributed by atoms with Crippen molar-refractivity contribution in [3.05, 3.63) is 81.8 Å². The standard InChI is InChI=1S/C28H29F3N4O3/c1-3-17(2)26(37)34-25-27(38)35(23(15-32-25)19-10-6-11-20(14-19)28(29,30)31)16-24(36)33-22-13-7-9-18-8-4-5-12-21(18)22/h4-6,8,10-12,14-15,17,22H,3,7,9,13,16H2,1-2H3,(H,33,36)(H,32,34,37)/t17-,22-/m1/s1. The van der Waals surface area contributed by atoms with Gasteiger partial charge in [0.05, 0.1) is 23.5 Å². The normalized spacial score (nSPS) is 15.9. The predicted octanol–water partition coefficient (Wildman–Crippen LogP) is 5.11. The van der Waals surface area contributed by atoms with Crippen molar-refractivity contribution in [1.82, 2.24) is 14.9 Å². The lowest BCUT2D eigenvalue weighted by molar-refractivity contribution is -0.137. The van der Waals surface area contributed by atoms with E-state index < -0.39 is 35.7 Å². The monoisotopic (exact) mass is 526 g/mol. The average molecular weight is 527 g/mol. The molecule has 2 aromatic carbocycles. The predicted molar refractivity (Wildman–Crippen MR) is 137 cm³/mol. The van der Waals surface area contributed by atoms with Gasteiger partial charge in [0.2, 0.25) is 11.8 Å². The highest BCUT2D eigenvalue weighted by atomic mass is 19.4. The minimum Gasteiger partial charge on any atom is -0.348 e. The number of anilines is 1. The molecule has 0 radical (unpaired) electrons. The van der Waals surface area contributed by atoms with Crippen LogP contribution in [0.15, 0.2) is 59.5 Å². The summed E-state index contributed by atoms with van der Waals surface area (Å²) in [5.41, 5.74) is 0.572. The summed E-state index contributed by atoms with van der Waals surface area (Å²) in [4.78, 5) is 43.0. The molecule has 2 N–H and O–H groups in total. The summed E-state index contributed by atoms with van der Waals surface area (Å²) in [6, 6.07) is 12.0. The van der Waals surface area contributed by atoms with Gasteiger partial charge >= 0.3 is 6.18 Å². The van der Waals surface area contributed by atoms with Gasteiger partial charge in [-0.1, -0.05) is 50.2 Å². The van der Waals surface area contributed by atoms with E-state index in [1.165, 1.54) is 18.3 Å². The number of halogens is 3. The Bertz CT molecular complexity index is 1400. The van der Waals surface area contributed by atoms with Gasteiger partial charge in [-0.15, -0.1) is 0 Å². The molecule has 0 saturated heterocycles. The van der Waals surface area contributed by atoms with Crippen LogP contribution in [-0.2, 0) is 28.7 Å². The van der Waals surface area contributed by atoms with E-state index in [9.17, 15) is 27.6 Å². The van der Waals surface area contributed by atoms with Crippen molar-refractivity contribution < 1.29 is 22.8 Å². The Morgan fingerprint density at radius 1 is 1.16 bits per heavy atom. The number of alkyl halides is 3. The molecule has 0 unspecified atom stereocenters. The quantitative estimate of drug-likeness (QED) is 0.448. The van der Waals surface area contributed by atoms with Gasteiger partial charge in [0.15, 0.2) is 5.82 Å². The molecule has 0 bridgehead atoms. The van der Waals surface area contributed by atoms with E-state index in [-0.39, 0.29) is 29.0 Å². The maximum atomic E-state index is 13.4. The van der Waals surface area contributed by atoms with Crippen molar-refractivity contribution in [2.45, 2.75) is 58.3 Å². The first-order valence-electron chi connectivity index (χ1n) is 12.5. The molecule has 2 amide bonds. The molecule has 10 heteroatoms. The molecule has 0 fully saturated rings. The number of carbonyl (C=O) groups is 2. The highest BCUT2D eigenvalue weighted by Gasteiger charge is 2.31. The third-order valence-corrected chi connectivity index (χ3v) is 6.85. The maximum absolute atomic E-state index is 13.4. The van der Waals surface area contributed by atoms with Crippen molar-refractivity contribution in [2.75, 3.05) is 5.32 Å². The van der Waals surface area contributed by atoms with E-state index in [0.717, 1.165) is 47.1 Å². The fourth-order valence-electron chi connectivity index (χ4n) is 4.53. The van der Waals surface area contributed by atoms with Gasteiger partial charge in [-0.2, -0.15) is 13.2 Å². The van der Waals surface area contributed by atoms with E-state index in [4.69, 9.17) is 0 Å². The molecule has 1 aromatic heterocycles. The Balaban J connectivity index is 1.70. The van der Waals surface area contributed by atoms with Crippen LogP contribution in [0.1, 0.15) is 55.8 Å². The van der Waals surface area contributed by atoms with E-state index in [0.29, 0.717) is 6.42 Å². The first kappa shape index (κ1) is 27.1. The number of aromatic nitrogens is 2. The highest BCUT2D eigenvalue weighted by molar-refractivity contribution is 5.91. The molecule has 1 aliphatic rings. The van der Waals surface area contributed by atoms with Crippen LogP contribution in [0.25, 0.3) is 11.3 Å². The Morgan fingerprint density at radius 2 is 1.92 bits per heavy atom. The number of benzene rings is 2. The molecule has 200 valence electrons. The second-order valence-electron chi connectivity index (χ2n) is 9.47. The molecule has 0 saturated carbocycles. The minimum atomic E-state index is -4.59. The fourth-order valence-corrected chi connectivity index (χ4v) is 4.53. The molecule has 7 nitrogen and oxygen atoms in total. The first-order valence-corrected chi connectivity index (χ1v) is 12.5. The lowest BCUT2D eigenvalue weighted by Gasteiger charge is -2.26. The van der Waals surface area contributed by atoms with Crippen LogP contribution in [0.2, 0.25) is 0 Å². The minimum absolute atomic E-state index is 0.0295. The van der Waals surface area contributed by atoms with Crippen molar-refractivity contribution >= 4 is 17.6 Å². The average Bonchev–Trinajstić information content (AvgIpc) is 2.90. The van der Waals surface area contributed by atoms with Gasteiger partial charge in [0.25, 0.3) is 5.56 Å². The van der Waals surface area contributed by atoms with Crippen LogP contribution in [0, 0.1) is 5.92 Å². The van der Waals surface area contributed by atoms with Crippen LogP contribution in [0.4, 0.5) is 19.0 Å². The molecule has 0 aliphatic heterocycles. The summed E-state index contributed by atoms with van der Waals surface area (Å²) in [6.45, 7) is 3.05. The Morgan fingerprint density at radius 3 is 2.66 bits per heavy atom. The number of nitrogens with zero attached hydrogens (tertiary/aromatic N) is 2. The van der Waals surface area contributed by atoms with Crippen LogP contribution in [0.3, 0.4) is 0 Å². The van der Waals surface area contributed by atoms with Gasteiger partial charge in [0, 0.05) is 11.5 Å². The molecule has 2 atom stereocenters. The largest absolute Gasteiger partial charge is 0.416 e. The summed E-state index contributed by atoms with van der Waals surface area (Å²) < 4.78 is 41.2. The van der Waals surface area contributed by atoms with E-state index in [1.807, 2.05) is 31.2 Å². The number of nitrogens with one attached hydrogen (secondary N) is 2. The molecular formula is C28H29F3N4O3. The van der Waals surface area contributed by atoms with Crippen molar-refractivity contribution in [3.63, 3.8) is 0 Å². The fraction of sp³-hybridized carbons (Fsp3) is 0.357. The van der Waals surface area contributed by atoms with Crippen molar-refractivity contribution in [3.8, 4) is 11.3 Å². The number of hydrogen-bond acceptors (Lipinski definition) is 4. The van der Waals surface area contributed by atoms with Gasteiger partial charge in [0.1, 0.15) is 6.54 Å². The third kappa shape index (κ3) is 5.95. The second-order valence-corrected chi connectivity index (χ2v) is 9.47. The van der Waals surface area contributed by atoms with Crippen molar-refractivity contribution in [1.29, 1.82) is 0 Å². The molecule has 1 heterocycles. The summed E-state index contributed by atoms with van der Waals surface area (Å²) in [5, 5.41) is 5.45. The molecule has 1 aliphatic carbocycles. The Labute approximate surface area is 218 Å². The van der Waals surface area contributed by atoms with Crippen molar-refractivity contribution in [2.24, 2.45) is 5.92 Å². The first-order chi connectivity index (χ1) is 18.1. The van der Waals surface area contributed by atoms with Crippen LogP contribution < -0.4 is 16.2 Å². The number of aryl methyl sites for hydroxylation is 1. The molecule has 0 spiro atoms. The number of amides is 2. The van der Waals surface area contributed by atoms with Crippen LogP contribution in [0.5, 0.6) is 0 Å². The summed E-state index contributed by atoms with van der Waals surface area (Å²) >= 11 is 0. The van der Waals surface area contributed by atoms with E-state index in [1.54, 1.807) is 6.92 Å². The summed E-state index contributed by atoms with van der Waals surface area (Å²) in [6.07, 6.45) is -0.334. The molecule has 3 aromatic rings. The topological polar surface area (TPSA) is 93.1 Å². The van der Waals surface area contributed by atoms with Crippen LogP contribution >= 0.6 is 0 Å². The summed E-state index contributed by atoms with van der Waals surface area (Å²) in [5.74, 6) is -1.57. The second kappa shape index (κ2) is 11.2. The molecule has 38 heavy (non-hydrogen) atoms. The zero-order valence-corrected chi connectivity index (χ0v) is 21.1. The van der Waals surface area contributed by atoms with Crippen LogP contribution in [-0.4, -0.2) is 21.4 Å². The third-order valence-electron chi connectivity index (χ3n) is 6.85. The Kier molecular flexibility index (Phi) is 7.99. The Hall–Kier alpha value is -3.95. The molecule has 4 rings (SSSR count). The lowest BCUT2D eigenvalue weighted by Crippen LogP contribution is -2.38. The van der Waals surface area contributed by atoms with E-state index in [2.05, 4.69) is 15.6 Å². The number of hydrogen-bond donors (Lipinski definition) is 2. The number of rotatable bonds is 7. The number of carbonyl (C=O) groups excluding carboxylic acids is 2. The van der Waals surface area contributed by atoms with Gasteiger partial charge in [-0.25, -0.2) is 4.98 Å². The van der Waals surface area contributed by atoms with E-state index >= 15 is 0 Å².